The van der Waals surface area contributed by atoms with E-state index >= 15 is 0 Å². The van der Waals surface area contributed by atoms with E-state index in [4.69, 9.17) is 21.1 Å². The topological polar surface area (TPSA) is 156 Å². The van der Waals surface area contributed by atoms with Crippen LogP contribution in [-0.2, 0) is 29.4 Å². The molecule has 1 spiro atoms. The van der Waals surface area contributed by atoms with Gasteiger partial charge in [-0.05, 0) is 42.5 Å². The average Bonchev–Trinajstić information content (AvgIpc) is 3.41. The summed E-state index contributed by atoms with van der Waals surface area (Å²) in [5.74, 6) is -1.36. The van der Waals surface area contributed by atoms with Gasteiger partial charge in [0.1, 0.15) is 6.04 Å². The molecule has 0 saturated carbocycles. The van der Waals surface area contributed by atoms with Crippen LogP contribution >= 0.6 is 11.6 Å². The van der Waals surface area contributed by atoms with E-state index in [9.17, 15) is 24.0 Å². The summed E-state index contributed by atoms with van der Waals surface area (Å²) in [7, 11) is 1.23. The number of fused-ring (bicyclic) bond motifs is 2. The van der Waals surface area contributed by atoms with Crippen LogP contribution < -0.4 is 16.0 Å². The number of rotatable bonds is 6. The van der Waals surface area contributed by atoms with Gasteiger partial charge in [-0.3, -0.25) is 25.0 Å². The Morgan fingerprint density at radius 3 is 2.52 bits per heavy atom. The van der Waals surface area contributed by atoms with E-state index in [1.807, 2.05) is 0 Å². The van der Waals surface area contributed by atoms with E-state index in [1.54, 1.807) is 23.1 Å². The highest BCUT2D eigenvalue weighted by Gasteiger charge is 2.49. The fourth-order valence-corrected chi connectivity index (χ4v) is 5.47. The predicted molar refractivity (Wildman–Crippen MR) is 150 cm³/mol. The number of carbonyl (C=O) groups excluding carboxylic acids is 5. The summed E-state index contributed by atoms with van der Waals surface area (Å²) in [6, 6.07) is 9.83. The van der Waals surface area contributed by atoms with Crippen LogP contribution in [0.2, 0.25) is 5.02 Å². The molecule has 2 aromatic carbocycles. The maximum Gasteiger partial charge on any atom is 0.412 e. The molecule has 3 aliphatic heterocycles. The minimum atomic E-state index is -1.19. The second-order valence-electron chi connectivity index (χ2n) is 10.1. The molecule has 0 unspecified atom stereocenters. The van der Waals surface area contributed by atoms with Crippen molar-refractivity contribution in [1.29, 1.82) is 0 Å². The molecular weight excluding hydrogens is 570 g/mol. The Morgan fingerprint density at radius 1 is 1.07 bits per heavy atom. The lowest BCUT2D eigenvalue weighted by atomic mass is 9.90. The van der Waals surface area contributed by atoms with Crippen molar-refractivity contribution in [1.82, 2.24) is 15.1 Å². The van der Waals surface area contributed by atoms with Gasteiger partial charge in [-0.25, -0.2) is 9.59 Å². The van der Waals surface area contributed by atoms with Crippen molar-refractivity contribution in [2.75, 3.05) is 57.1 Å². The predicted octanol–water partition coefficient (Wildman–Crippen LogP) is 2.56. The van der Waals surface area contributed by atoms with Crippen LogP contribution in [0.4, 0.5) is 21.0 Å². The molecule has 0 aliphatic carbocycles. The van der Waals surface area contributed by atoms with Crippen molar-refractivity contribution in [3.63, 3.8) is 0 Å². The van der Waals surface area contributed by atoms with Gasteiger partial charge < -0.3 is 29.3 Å². The van der Waals surface area contributed by atoms with Crippen molar-refractivity contribution in [2.24, 2.45) is 0 Å². The highest BCUT2D eigenvalue weighted by atomic mass is 35.5. The number of nitrogens with one attached hydrogen (secondary N) is 3. The zero-order valence-corrected chi connectivity index (χ0v) is 23.6. The smallest absolute Gasteiger partial charge is 0.412 e. The van der Waals surface area contributed by atoms with Gasteiger partial charge in [-0.2, -0.15) is 0 Å². The first-order chi connectivity index (χ1) is 20.2. The zero-order valence-electron chi connectivity index (χ0n) is 22.8. The molecule has 222 valence electrons. The number of ether oxygens (including phenoxy) is 3. The molecule has 5 rings (SSSR count). The first kappa shape index (κ1) is 29.1. The van der Waals surface area contributed by atoms with Crippen LogP contribution in [0.3, 0.4) is 0 Å². The lowest BCUT2D eigenvalue weighted by Gasteiger charge is -2.36. The largest absolute Gasteiger partial charge is 0.453 e. The summed E-state index contributed by atoms with van der Waals surface area (Å²) in [6.07, 6.45) is -1.25. The summed E-state index contributed by atoms with van der Waals surface area (Å²) < 4.78 is 15.6. The van der Waals surface area contributed by atoms with Gasteiger partial charge in [0.25, 0.3) is 5.91 Å². The minimum absolute atomic E-state index is 0.0264. The van der Waals surface area contributed by atoms with Crippen LogP contribution in [0.5, 0.6) is 0 Å². The first-order valence-corrected chi connectivity index (χ1v) is 13.8. The molecule has 0 radical (unpaired) electrons. The third kappa shape index (κ3) is 6.26. The molecule has 2 fully saturated rings. The number of methoxy groups -OCH3 is 1. The van der Waals surface area contributed by atoms with Crippen molar-refractivity contribution in [2.45, 2.75) is 24.5 Å². The van der Waals surface area contributed by atoms with Crippen molar-refractivity contribution < 1.29 is 38.2 Å². The number of morpholine rings is 1. The van der Waals surface area contributed by atoms with Crippen LogP contribution in [0.1, 0.15) is 28.8 Å². The van der Waals surface area contributed by atoms with Gasteiger partial charge in [0.05, 0.1) is 39.0 Å². The quantitative estimate of drug-likeness (QED) is 0.457. The van der Waals surface area contributed by atoms with Gasteiger partial charge in [-0.1, -0.05) is 11.6 Å². The molecule has 3 N–H and O–H groups in total. The third-order valence-corrected chi connectivity index (χ3v) is 7.70. The van der Waals surface area contributed by atoms with Gasteiger partial charge in [0.15, 0.2) is 5.60 Å². The van der Waals surface area contributed by atoms with Gasteiger partial charge in [-0.15, -0.1) is 0 Å². The molecule has 3 heterocycles. The van der Waals surface area contributed by atoms with Crippen LogP contribution in [0.15, 0.2) is 42.5 Å². The number of carbonyl (C=O) groups is 5. The number of hydrogen-bond donors (Lipinski definition) is 3. The fourth-order valence-electron chi connectivity index (χ4n) is 5.30. The molecule has 5 amide bonds. The van der Waals surface area contributed by atoms with Gasteiger partial charge in [0, 0.05) is 47.9 Å². The summed E-state index contributed by atoms with van der Waals surface area (Å²) in [5, 5.41) is 8.32. The molecule has 13 nitrogen and oxygen atoms in total. The highest BCUT2D eigenvalue weighted by molar-refractivity contribution is 6.30. The average molecular weight is 600 g/mol. The van der Waals surface area contributed by atoms with E-state index in [-0.39, 0.29) is 31.0 Å². The van der Waals surface area contributed by atoms with Crippen LogP contribution in [0, 0.1) is 0 Å². The number of amides is 5. The van der Waals surface area contributed by atoms with Crippen LogP contribution in [0.25, 0.3) is 0 Å². The number of likely N-dealkylation sites (tertiary alicyclic amines) is 1. The Morgan fingerprint density at radius 2 is 1.81 bits per heavy atom. The lowest BCUT2D eigenvalue weighted by Crippen LogP contribution is -2.52. The lowest BCUT2D eigenvalue weighted by molar-refractivity contribution is -0.141. The van der Waals surface area contributed by atoms with E-state index in [1.165, 1.54) is 36.3 Å². The molecule has 0 aromatic heterocycles. The molecule has 3 aliphatic rings. The summed E-state index contributed by atoms with van der Waals surface area (Å²) >= 11 is 6.24. The molecule has 2 atom stereocenters. The summed E-state index contributed by atoms with van der Waals surface area (Å²) in [4.78, 5) is 67.2. The molecule has 2 aromatic rings. The first-order valence-electron chi connectivity index (χ1n) is 13.4. The van der Waals surface area contributed by atoms with E-state index < -0.39 is 35.6 Å². The monoisotopic (exact) mass is 599 g/mol. The third-order valence-electron chi connectivity index (χ3n) is 7.47. The van der Waals surface area contributed by atoms with Crippen LogP contribution in [-0.4, -0.2) is 92.3 Å². The Labute approximate surface area is 246 Å². The molecule has 0 bridgehead atoms. The Bertz CT molecular complexity index is 1400. The van der Waals surface area contributed by atoms with E-state index in [0.717, 1.165) is 0 Å². The number of halogens is 1. The van der Waals surface area contributed by atoms with Crippen molar-refractivity contribution >= 4 is 52.9 Å². The Balaban J connectivity index is 1.35. The standard InChI is InChI=1S/C28H30ClN5O8/c1-40-26(38)30-19-5-2-17(3-6-19)24(36)31-22(15-23(35)33-10-12-41-13-11-33)25(37)34-9-8-28(16-34)20-14-18(29)4-7-21(20)32-27(39)42-28/h2-7,14,22H,8-13,15-16H2,1H3,(H,30,38)(H,31,36)(H,32,39)/t22-,28-/m0/s1. The maximum absolute atomic E-state index is 13.9. The maximum atomic E-state index is 13.9. The number of anilines is 2. The second-order valence-corrected chi connectivity index (χ2v) is 10.6. The zero-order chi connectivity index (χ0) is 29.9. The summed E-state index contributed by atoms with van der Waals surface area (Å²) in [6.45, 7) is 1.80. The van der Waals surface area contributed by atoms with E-state index in [0.29, 0.717) is 54.7 Å². The van der Waals surface area contributed by atoms with Gasteiger partial charge in [0.2, 0.25) is 11.8 Å². The highest BCUT2D eigenvalue weighted by Crippen LogP contribution is 2.43. The number of hydrogen-bond acceptors (Lipinski definition) is 8. The number of nitrogens with zero attached hydrogens (tertiary/aromatic N) is 2. The fraction of sp³-hybridized carbons (Fsp3) is 0.393. The molecule has 2 saturated heterocycles. The van der Waals surface area contributed by atoms with Gasteiger partial charge >= 0.3 is 12.2 Å². The molecule has 42 heavy (non-hydrogen) atoms. The Hall–Kier alpha value is -4.36. The number of benzene rings is 2. The van der Waals surface area contributed by atoms with E-state index in [2.05, 4.69) is 20.7 Å². The minimum Gasteiger partial charge on any atom is -0.453 e. The van der Waals surface area contributed by atoms with Crippen molar-refractivity contribution in [3.05, 3.63) is 58.6 Å². The summed E-state index contributed by atoms with van der Waals surface area (Å²) in [5.41, 5.74) is 0.699. The SMILES string of the molecule is COC(=O)Nc1ccc(C(=O)N[C@@H](CC(=O)N2CCOCC2)C(=O)N2CC[C@@]3(C2)OC(=O)Nc2ccc(Cl)cc23)cc1. The molecular formula is C28H30ClN5O8. The second kappa shape index (κ2) is 12.2. The molecule has 14 heteroatoms. The Kier molecular flexibility index (Phi) is 8.50. The normalized spacial score (nSPS) is 20.2. The van der Waals surface area contributed by atoms with Crippen molar-refractivity contribution in [3.8, 4) is 0 Å².